The molecule has 0 radical (unpaired) electrons. The van der Waals surface area contributed by atoms with Gasteiger partial charge in [0.2, 0.25) is 0 Å². The number of hydrogen-bond donors (Lipinski definition) is 2. The van der Waals surface area contributed by atoms with Gasteiger partial charge in [-0.3, -0.25) is 4.72 Å². The third kappa shape index (κ3) is 2.81. The van der Waals surface area contributed by atoms with E-state index in [1.165, 1.54) is 12.5 Å². The molecule has 3 N–H and O–H groups in total. The predicted octanol–water partition coefficient (Wildman–Crippen LogP) is 1.16. The topological polar surface area (TPSA) is 90.0 Å². The zero-order valence-corrected chi connectivity index (χ0v) is 12.6. The van der Waals surface area contributed by atoms with Gasteiger partial charge in [-0.2, -0.15) is 8.42 Å². The van der Waals surface area contributed by atoms with Gasteiger partial charge in [0.15, 0.2) is 5.03 Å². The van der Waals surface area contributed by atoms with E-state index in [1.807, 2.05) is 13.0 Å². The van der Waals surface area contributed by atoms with E-state index in [-0.39, 0.29) is 10.0 Å². The molecule has 0 spiro atoms. The highest BCUT2D eigenvalue weighted by atomic mass is 32.2. The second-order valence-corrected chi connectivity index (χ2v) is 6.41. The number of nitrogens with two attached hydrogens (primary N) is 1. The summed E-state index contributed by atoms with van der Waals surface area (Å²) in [6.45, 7) is 1.81. The number of sulfonamides is 1. The number of anilines is 1. The molecule has 8 heteroatoms. The van der Waals surface area contributed by atoms with E-state index >= 15 is 0 Å². The molecule has 0 atom stereocenters. The molecule has 106 valence electrons. The summed E-state index contributed by atoms with van der Waals surface area (Å²) in [7, 11) is -2.07. The van der Waals surface area contributed by atoms with Gasteiger partial charge in [-0.15, -0.1) is 0 Å². The Balaban J connectivity index is 2.45. The van der Waals surface area contributed by atoms with Crippen molar-refractivity contribution in [1.82, 2.24) is 9.55 Å². The van der Waals surface area contributed by atoms with Crippen LogP contribution in [0.2, 0.25) is 0 Å². The van der Waals surface area contributed by atoms with Gasteiger partial charge in [0, 0.05) is 18.8 Å². The average molecular weight is 310 g/mol. The molecule has 1 aromatic carbocycles. The minimum Gasteiger partial charge on any atom is -0.389 e. The maximum absolute atomic E-state index is 12.2. The lowest BCUT2D eigenvalue weighted by Crippen LogP contribution is -2.19. The van der Waals surface area contributed by atoms with E-state index in [4.69, 9.17) is 18.0 Å². The van der Waals surface area contributed by atoms with Gasteiger partial charge >= 0.3 is 0 Å². The largest absolute Gasteiger partial charge is 0.389 e. The summed E-state index contributed by atoms with van der Waals surface area (Å²) in [6.07, 6.45) is 2.83. The number of thiocarbonyl (C=S) groups is 1. The van der Waals surface area contributed by atoms with Crippen LogP contribution in [0.25, 0.3) is 0 Å². The Labute approximate surface area is 122 Å². The molecule has 0 unspecified atom stereocenters. The minimum atomic E-state index is -3.76. The van der Waals surface area contributed by atoms with E-state index in [0.29, 0.717) is 11.3 Å². The molecule has 0 aliphatic carbocycles. The first-order valence-electron chi connectivity index (χ1n) is 5.71. The maximum atomic E-state index is 12.2. The fourth-order valence-electron chi connectivity index (χ4n) is 1.80. The van der Waals surface area contributed by atoms with Crippen molar-refractivity contribution in [3.05, 3.63) is 41.9 Å². The molecule has 20 heavy (non-hydrogen) atoms. The number of aryl methyl sites for hydroxylation is 2. The van der Waals surface area contributed by atoms with Crippen LogP contribution in [0.15, 0.2) is 35.7 Å². The van der Waals surface area contributed by atoms with E-state index in [9.17, 15) is 8.42 Å². The summed E-state index contributed by atoms with van der Waals surface area (Å²) in [5, 5.41) is -0.0598. The maximum Gasteiger partial charge on any atom is 0.280 e. The Morgan fingerprint density at radius 1 is 1.45 bits per heavy atom. The Hall–Kier alpha value is -1.93. The molecule has 0 saturated carbocycles. The molecule has 1 heterocycles. The smallest absolute Gasteiger partial charge is 0.280 e. The Kier molecular flexibility index (Phi) is 3.78. The third-order valence-corrected chi connectivity index (χ3v) is 4.17. The van der Waals surface area contributed by atoms with Crippen molar-refractivity contribution in [3.63, 3.8) is 0 Å². The van der Waals surface area contributed by atoms with Crippen molar-refractivity contribution in [2.45, 2.75) is 11.9 Å². The SMILES string of the molecule is Cc1cccc(NS(=O)(=O)c2cn(C)cn2)c1C(N)=S. The number of hydrogen-bond acceptors (Lipinski definition) is 4. The predicted molar refractivity (Wildman–Crippen MR) is 81.1 cm³/mol. The van der Waals surface area contributed by atoms with Crippen LogP contribution in [0.3, 0.4) is 0 Å². The summed E-state index contributed by atoms with van der Waals surface area (Å²) in [5.41, 5.74) is 7.32. The summed E-state index contributed by atoms with van der Waals surface area (Å²) in [4.78, 5) is 3.97. The molecule has 2 aromatic rings. The second kappa shape index (κ2) is 5.22. The normalized spacial score (nSPS) is 11.3. The second-order valence-electron chi connectivity index (χ2n) is 4.34. The Bertz CT molecular complexity index is 766. The van der Waals surface area contributed by atoms with Crippen LogP contribution >= 0.6 is 12.2 Å². The van der Waals surface area contributed by atoms with Crippen molar-refractivity contribution in [2.75, 3.05) is 4.72 Å². The lowest BCUT2D eigenvalue weighted by molar-refractivity contribution is 0.598. The first-order chi connectivity index (χ1) is 9.31. The molecule has 2 rings (SSSR count). The van der Waals surface area contributed by atoms with Gasteiger partial charge in [0.05, 0.1) is 12.0 Å². The molecular weight excluding hydrogens is 296 g/mol. The van der Waals surface area contributed by atoms with E-state index in [1.54, 1.807) is 23.7 Å². The zero-order valence-electron chi connectivity index (χ0n) is 11.0. The first kappa shape index (κ1) is 14.5. The van der Waals surface area contributed by atoms with Crippen molar-refractivity contribution in [1.29, 1.82) is 0 Å². The van der Waals surface area contributed by atoms with Gasteiger partial charge in [0.25, 0.3) is 10.0 Å². The fourth-order valence-corrected chi connectivity index (χ4v) is 3.13. The monoisotopic (exact) mass is 310 g/mol. The highest BCUT2D eigenvalue weighted by Gasteiger charge is 2.19. The number of benzene rings is 1. The van der Waals surface area contributed by atoms with E-state index in [0.717, 1.165) is 5.56 Å². The average Bonchev–Trinajstić information content (AvgIpc) is 2.75. The van der Waals surface area contributed by atoms with Gasteiger partial charge in [-0.05, 0) is 18.6 Å². The molecule has 6 nitrogen and oxygen atoms in total. The Morgan fingerprint density at radius 3 is 2.70 bits per heavy atom. The molecule has 0 amide bonds. The van der Waals surface area contributed by atoms with Crippen LogP contribution in [0.1, 0.15) is 11.1 Å². The highest BCUT2D eigenvalue weighted by molar-refractivity contribution is 7.92. The Morgan fingerprint density at radius 2 is 2.15 bits per heavy atom. The van der Waals surface area contributed by atoms with Crippen LogP contribution < -0.4 is 10.5 Å². The lowest BCUT2D eigenvalue weighted by Gasteiger charge is -2.12. The first-order valence-corrected chi connectivity index (χ1v) is 7.60. The van der Waals surface area contributed by atoms with Crippen molar-refractivity contribution in [2.24, 2.45) is 12.8 Å². The minimum absolute atomic E-state index is 0.0598. The van der Waals surface area contributed by atoms with Gasteiger partial charge in [-0.25, -0.2) is 4.98 Å². The standard InChI is InChI=1S/C12H14N4O2S2/c1-8-4-3-5-9(11(8)12(13)19)15-20(17,18)10-6-16(2)7-14-10/h3-7,15H,1-2H3,(H2,13,19). The number of imidazole rings is 1. The van der Waals surface area contributed by atoms with Gasteiger partial charge < -0.3 is 10.3 Å². The summed E-state index contributed by atoms with van der Waals surface area (Å²) >= 11 is 4.97. The summed E-state index contributed by atoms with van der Waals surface area (Å²) in [6, 6.07) is 5.16. The molecule has 0 bridgehead atoms. The van der Waals surface area contributed by atoms with Crippen molar-refractivity contribution in [3.8, 4) is 0 Å². The molecule has 0 saturated heterocycles. The van der Waals surface area contributed by atoms with Crippen LogP contribution in [0.4, 0.5) is 5.69 Å². The number of rotatable bonds is 4. The summed E-state index contributed by atoms with van der Waals surface area (Å²) in [5.74, 6) is 0. The van der Waals surface area contributed by atoms with Crippen LogP contribution in [-0.2, 0) is 17.1 Å². The van der Waals surface area contributed by atoms with Crippen molar-refractivity contribution < 1.29 is 8.42 Å². The number of nitrogens with zero attached hydrogens (tertiary/aromatic N) is 2. The molecular formula is C12H14N4O2S2. The van der Waals surface area contributed by atoms with E-state index < -0.39 is 10.0 Å². The number of nitrogens with one attached hydrogen (secondary N) is 1. The zero-order chi connectivity index (χ0) is 14.9. The molecule has 0 fully saturated rings. The number of aromatic nitrogens is 2. The van der Waals surface area contributed by atoms with Gasteiger partial charge in [0.1, 0.15) is 4.99 Å². The molecule has 0 aliphatic heterocycles. The third-order valence-electron chi connectivity index (χ3n) is 2.72. The molecule has 0 aliphatic rings. The van der Waals surface area contributed by atoms with Gasteiger partial charge in [-0.1, -0.05) is 24.4 Å². The van der Waals surface area contributed by atoms with Crippen LogP contribution in [0, 0.1) is 6.92 Å². The highest BCUT2D eigenvalue weighted by Crippen LogP contribution is 2.22. The van der Waals surface area contributed by atoms with E-state index in [2.05, 4.69) is 9.71 Å². The molecule has 1 aromatic heterocycles. The van der Waals surface area contributed by atoms with Crippen molar-refractivity contribution >= 4 is 32.9 Å². The summed E-state index contributed by atoms with van der Waals surface area (Å²) < 4.78 is 28.5. The van der Waals surface area contributed by atoms with Crippen LogP contribution in [-0.4, -0.2) is 23.0 Å². The fraction of sp³-hybridized carbons (Fsp3) is 0.167. The quantitative estimate of drug-likeness (QED) is 0.827. The van der Waals surface area contributed by atoms with Crippen LogP contribution in [0.5, 0.6) is 0 Å². The lowest BCUT2D eigenvalue weighted by atomic mass is 10.1.